The summed E-state index contributed by atoms with van der Waals surface area (Å²) in [6.45, 7) is 6.01. The Morgan fingerprint density at radius 1 is 1.38 bits per heavy atom. The summed E-state index contributed by atoms with van der Waals surface area (Å²) in [6, 6.07) is 5.03. The van der Waals surface area contributed by atoms with Crippen LogP contribution < -0.4 is 15.8 Å². The first-order chi connectivity index (χ1) is 9.85. The van der Waals surface area contributed by atoms with E-state index in [4.69, 9.17) is 10.5 Å². The fraction of sp³-hybridized carbons (Fsp3) is 0.533. The third kappa shape index (κ3) is 5.38. The number of hydrogen-bond acceptors (Lipinski definition) is 4. The molecule has 1 aromatic rings. The normalized spacial score (nSPS) is 13.8. The van der Waals surface area contributed by atoms with Crippen molar-refractivity contribution in [3.8, 4) is 5.75 Å². The zero-order valence-corrected chi connectivity index (χ0v) is 13.8. The van der Waals surface area contributed by atoms with Crippen molar-refractivity contribution in [2.45, 2.75) is 32.4 Å². The zero-order chi connectivity index (χ0) is 16.0. The fourth-order valence-electron chi connectivity index (χ4n) is 1.71. The number of hydrogen-bond donors (Lipinski definition) is 2. The van der Waals surface area contributed by atoms with Gasteiger partial charge in [0.15, 0.2) is 0 Å². The summed E-state index contributed by atoms with van der Waals surface area (Å²) < 4.78 is 17.2. The van der Waals surface area contributed by atoms with Crippen LogP contribution in [0.15, 0.2) is 18.2 Å². The Morgan fingerprint density at radius 3 is 2.62 bits per heavy atom. The predicted octanol–water partition coefficient (Wildman–Crippen LogP) is 2.40. The fourth-order valence-corrected chi connectivity index (χ4v) is 3.07. The van der Waals surface area contributed by atoms with Crippen molar-refractivity contribution in [1.82, 2.24) is 0 Å². The van der Waals surface area contributed by atoms with E-state index < -0.39 is 10.8 Å². The standard InChI is InChI=1S/C15H24N2O3S/c1-10(2)11(3)21(19)8-7-15(18)17-13-6-5-12(16)9-14(13)20-4/h5-6,9-11H,7-8,16H2,1-4H3,(H,17,18). The third-order valence-electron chi connectivity index (χ3n) is 3.38. The first-order valence-electron chi connectivity index (χ1n) is 6.95. The van der Waals surface area contributed by atoms with Crippen LogP contribution in [0, 0.1) is 5.92 Å². The highest BCUT2D eigenvalue weighted by atomic mass is 32.2. The maximum Gasteiger partial charge on any atom is 0.225 e. The average molecular weight is 312 g/mol. The van der Waals surface area contributed by atoms with Gasteiger partial charge in [0.25, 0.3) is 0 Å². The van der Waals surface area contributed by atoms with Crippen molar-refractivity contribution in [3.63, 3.8) is 0 Å². The van der Waals surface area contributed by atoms with Crippen molar-refractivity contribution in [2.75, 3.05) is 23.9 Å². The van der Waals surface area contributed by atoms with Gasteiger partial charge in [-0.2, -0.15) is 0 Å². The van der Waals surface area contributed by atoms with Crippen LogP contribution in [0.3, 0.4) is 0 Å². The summed E-state index contributed by atoms with van der Waals surface area (Å²) >= 11 is 0. The molecule has 0 fully saturated rings. The zero-order valence-electron chi connectivity index (χ0n) is 13.0. The van der Waals surface area contributed by atoms with Crippen LogP contribution >= 0.6 is 0 Å². The number of carbonyl (C=O) groups is 1. The Hall–Kier alpha value is -1.56. The Labute approximate surface area is 128 Å². The van der Waals surface area contributed by atoms with Crippen molar-refractivity contribution in [2.24, 2.45) is 5.92 Å². The lowest BCUT2D eigenvalue weighted by Gasteiger charge is -2.15. The molecule has 0 saturated carbocycles. The van der Waals surface area contributed by atoms with Gasteiger partial charge in [-0.05, 0) is 18.1 Å². The largest absolute Gasteiger partial charge is 0.494 e. The highest BCUT2D eigenvalue weighted by molar-refractivity contribution is 7.85. The topological polar surface area (TPSA) is 81.4 Å². The van der Waals surface area contributed by atoms with Crippen LogP contribution in [0.25, 0.3) is 0 Å². The van der Waals surface area contributed by atoms with Crippen LogP contribution in [-0.2, 0) is 15.6 Å². The Morgan fingerprint density at radius 2 is 2.05 bits per heavy atom. The van der Waals surface area contributed by atoms with Gasteiger partial charge in [0.2, 0.25) is 5.91 Å². The van der Waals surface area contributed by atoms with E-state index >= 15 is 0 Å². The molecule has 118 valence electrons. The molecule has 0 heterocycles. The molecule has 1 amide bonds. The molecule has 2 atom stereocenters. The quantitative estimate of drug-likeness (QED) is 0.758. The molecule has 1 rings (SSSR count). The van der Waals surface area contributed by atoms with Crippen molar-refractivity contribution >= 4 is 28.1 Å². The van der Waals surface area contributed by atoms with Crippen LogP contribution in [0.5, 0.6) is 5.75 Å². The molecular weight excluding hydrogens is 288 g/mol. The minimum atomic E-state index is -0.996. The number of nitrogen functional groups attached to an aromatic ring is 1. The Bertz CT molecular complexity index is 518. The van der Waals surface area contributed by atoms with Gasteiger partial charge < -0.3 is 15.8 Å². The maximum absolute atomic E-state index is 12.0. The van der Waals surface area contributed by atoms with Gasteiger partial charge in [0.05, 0.1) is 12.8 Å². The van der Waals surface area contributed by atoms with Gasteiger partial charge in [-0.1, -0.05) is 20.8 Å². The van der Waals surface area contributed by atoms with E-state index in [1.807, 2.05) is 20.8 Å². The van der Waals surface area contributed by atoms with Crippen molar-refractivity contribution in [3.05, 3.63) is 18.2 Å². The summed E-state index contributed by atoms with van der Waals surface area (Å²) in [4.78, 5) is 11.9. The molecule has 0 spiro atoms. The lowest BCUT2D eigenvalue weighted by Crippen LogP contribution is -2.23. The van der Waals surface area contributed by atoms with E-state index in [0.29, 0.717) is 28.8 Å². The molecule has 0 aromatic heterocycles. The number of rotatable bonds is 7. The maximum atomic E-state index is 12.0. The number of carbonyl (C=O) groups excluding carboxylic acids is 1. The van der Waals surface area contributed by atoms with Crippen LogP contribution in [0.2, 0.25) is 0 Å². The first kappa shape index (κ1) is 17.5. The van der Waals surface area contributed by atoms with Crippen molar-refractivity contribution < 1.29 is 13.7 Å². The lowest BCUT2D eigenvalue weighted by atomic mass is 10.2. The molecule has 0 radical (unpaired) electrons. The number of nitrogens with one attached hydrogen (secondary N) is 1. The molecule has 3 N–H and O–H groups in total. The molecular formula is C15H24N2O3S. The van der Waals surface area contributed by atoms with Gasteiger partial charge in [0, 0.05) is 40.0 Å². The molecule has 6 heteroatoms. The van der Waals surface area contributed by atoms with Gasteiger partial charge in [0.1, 0.15) is 5.75 Å². The minimum Gasteiger partial charge on any atom is -0.494 e. The van der Waals surface area contributed by atoms with E-state index in [1.54, 1.807) is 18.2 Å². The van der Waals surface area contributed by atoms with Crippen molar-refractivity contribution in [1.29, 1.82) is 0 Å². The Kier molecular flexibility index (Phi) is 6.68. The molecule has 0 saturated heterocycles. The molecule has 1 aromatic carbocycles. The van der Waals surface area contributed by atoms with E-state index in [9.17, 15) is 9.00 Å². The smallest absolute Gasteiger partial charge is 0.225 e. The Balaban J connectivity index is 2.57. The van der Waals surface area contributed by atoms with E-state index in [2.05, 4.69) is 5.32 Å². The number of ether oxygens (including phenoxy) is 1. The van der Waals surface area contributed by atoms with Gasteiger partial charge in [-0.3, -0.25) is 9.00 Å². The average Bonchev–Trinajstić information content (AvgIpc) is 2.45. The van der Waals surface area contributed by atoms with Crippen LogP contribution in [0.4, 0.5) is 11.4 Å². The van der Waals surface area contributed by atoms with E-state index in [0.717, 1.165) is 0 Å². The molecule has 5 nitrogen and oxygen atoms in total. The number of methoxy groups -OCH3 is 1. The molecule has 0 bridgehead atoms. The molecule has 21 heavy (non-hydrogen) atoms. The molecule has 0 aliphatic carbocycles. The second kappa shape index (κ2) is 8.02. The first-order valence-corrected chi connectivity index (χ1v) is 8.34. The number of benzene rings is 1. The molecule has 0 aliphatic rings. The van der Waals surface area contributed by atoms with Gasteiger partial charge in [-0.25, -0.2) is 0 Å². The molecule has 2 unspecified atom stereocenters. The van der Waals surface area contributed by atoms with Gasteiger partial charge >= 0.3 is 0 Å². The number of anilines is 2. The second-order valence-corrected chi connectivity index (χ2v) is 7.21. The summed E-state index contributed by atoms with van der Waals surface area (Å²) in [5.41, 5.74) is 6.80. The summed E-state index contributed by atoms with van der Waals surface area (Å²) in [5.74, 6) is 1.04. The predicted molar refractivity (Wildman–Crippen MR) is 88.0 cm³/mol. The van der Waals surface area contributed by atoms with E-state index in [1.165, 1.54) is 7.11 Å². The minimum absolute atomic E-state index is 0.0869. The van der Waals surface area contributed by atoms with E-state index in [-0.39, 0.29) is 17.6 Å². The van der Waals surface area contributed by atoms with Gasteiger partial charge in [-0.15, -0.1) is 0 Å². The third-order valence-corrected chi connectivity index (χ3v) is 5.36. The number of amides is 1. The van der Waals surface area contributed by atoms with Crippen LogP contribution in [0.1, 0.15) is 27.2 Å². The monoisotopic (exact) mass is 312 g/mol. The second-order valence-electron chi connectivity index (χ2n) is 5.29. The summed E-state index contributed by atoms with van der Waals surface area (Å²) in [7, 11) is 0.521. The lowest BCUT2D eigenvalue weighted by molar-refractivity contribution is -0.115. The summed E-state index contributed by atoms with van der Waals surface area (Å²) in [5, 5.41) is 2.85. The number of nitrogens with two attached hydrogens (primary N) is 1. The highest BCUT2D eigenvalue weighted by Crippen LogP contribution is 2.26. The summed E-state index contributed by atoms with van der Waals surface area (Å²) in [6.07, 6.45) is 0.219. The molecule has 0 aliphatic heterocycles. The SMILES string of the molecule is COc1cc(N)ccc1NC(=O)CCS(=O)C(C)C(C)C. The van der Waals surface area contributed by atoms with Crippen LogP contribution in [-0.4, -0.2) is 28.2 Å². The highest BCUT2D eigenvalue weighted by Gasteiger charge is 2.16.